The molecule has 0 radical (unpaired) electrons. The molecule has 0 amide bonds. The van der Waals surface area contributed by atoms with E-state index in [4.69, 9.17) is 38.5 Å². The summed E-state index contributed by atoms with van der Waals surface area (Å²) in [6.45, 7) is 14.0. The first kappa shape index (κ1) is 45.5. The molecule has 2 N–H and O–H groups in total. The molecule has 58 heavy (non-hydrogen) atoms. The number of ether oxygens (including phenoxy) is 5. The van der Waals surface area contributed by atoms with Crippen LogP contribution < -0.4 is 15.2 Å². The predicted molar refractivity (Wildman–Crippen MR) is 211 cm³/mol. The Bertz CT molecular complexity index is 1970. The highest BCUT2D eigenvalue weighted by Crippen LogP contribution is 2.56. The third kappa shape index (κ3) is 13.2. The minimum Gasteiger partial charge on any atom is -0.466 e. The van der Waals surface area contributed by atoms with Crippen LogP contribution in [0.3, 0.4) is 0 Å². The second-order valence-electron chi connectivity index (χ2n) is 15.1. The van der Waals surface area contributed by atoms with Crippen molar-refractivity contribution >= 4 is 48.5 Å². The van der Waals surface area contributed by atoms with E-state index < -0.39 is 60.9 Å². The molecule has 2 heterocycles. The van der Waals surface area contributed by atoms with Crippen LogP contribution >= 0.6 is 7.60 Å². The molecule has 2 aromatic heterocycles. The Morgan fingerprint density at radius 1 is 0.724 bits per heavy atom. The highest BCUT2D eigenvalue weighted by molar-refractivity contribution is 7.53. The first-order chi connectivity index (χ1) is 27.3. The highest BCUT2D eigenvalue weighted by Gasteiger charge is 2.37. The van der Waals surface area contributed by atoms with Gasteiger partial charge in [-0.25, -0.2) is 15.0 Å². The average molecular weight is 826 g/mol. The summed E-state index contributed by atoms with van der Waals surface area (Å²) in [5, 5.41) is 0. The first-order valence-corrected chi connectivity index (χ1v) is 20.4. The van der Waals surface area contributed by atoms with Gasteiger partial charge in [-0.3, -0.25) is 32.8 Å². The topological polar surface area (TPSA) is 220 Å². The van der Waals surface area contributed by atoms with Crippen molar-refractivity contribution in [1.29, 1.82) is 0 Å². The van der Waals surface area contributed by atoms with E-state index in [1.807, 2.05) is 0 Å². The number of hydrogen-bond donors (Lipinski definition) is 1. The van der Waals surface area contributed by atoms with E-state index in [0.717, 1.165) is 0 Å². The summed E-state index contributed by atoms with van der Waals surface area (Å²) in [5.41, 5.74) is 6.03. The molecule has 17 nitrogen and oxygen atoms in total. The summed E-state index contributed by atoms with van der Waals surface area (Å²) in [4.78, 5) is 63.4. The molecule has 0 bridgehead atoms. The van der Waals surface area contributed by atoms with E-state index in [1.165, 1.54) is 36.9 Å². The van der Waals surface area contributed by atoms with Gasteiger partial charge in [-0.2, -0.15) is 0 Å². The van der Waals surface area contributed by atoms with Gasteiger partial charge in [0.1, 0.15) is 41.9 Å². The molecule has 2 unspecified atom stereocenters. The van der Waals surface area contributed by atoms with Crippen LogP contribution in [0.1, 0.15) is 91.6 Å². The fraction of sp³-hybridized carbons (Fsp3) is 0.475. The molecular formula is C40H52N5O12P. The number of aromatic nitrogens is 4. The number of esters is 4. The number of nitrogen functional groups attached to an aromatic ring is 1. The number of benzene rings is 2. The first-order valence-electron chi connectivity index (χ1n) is 18.7. The molecular weight excluding hydrogens is 773 g/mol. The van der Waals surface area contributed by atoms with E-state index >= 15 is 4.57 Å². The molecule has 0 saturated carbocycles. The number of nitrogens with zero attached hydrogens (tertiary/aromatic N) is 4. The van der Waals surface area contributed by atoms with Crippen LogP contribution in [0, 0.1) is 10.8 Å². The van der Waals surface area contributed by atoms with Crippen LogP contribution in [0.2, 0.25) is 0 Å². The zero-order valence-electron chi connectivity index (χ0n) is 34.1. The van der Waals surface area contributed by atoms with E-state index in [1.54, 1.807) is 84.2 Å². The van der Waals surface area contributed by atoms with Gasteiger partial charge >= 0.3 is 31.5 Å². The fourth-order valence-electron chi connectivity index (χ4n) is 5.07. The monoisotopic (exact) mass is 825 g/mol. The maximum Gasteiger partial charge on any atom is 0.357 e. The Kier molecular flexibility index (Phi) is 15.7. The minimum atomic E-state index is -4.47. The van der Waals surface area contributed by atoms with Crippen molar-refractivity contribution in [2.24, 2.45) is 10.8 Å². The summed E-state index contributed by atoms with van der Waals surface area (Å²) in [7, 11) is -4.47. The van der Waals surface area contributed by atoms with Gasteiger partial charge in [-0.1, -0.05) is 24.3 Å². The number of nitrogens with two attached hydrogens (primary N) is 1. The van der Waals surface area contributed by atoms with Gasteiger partial charge in [0.15, 0.2) is 11.5 Å². The van der Waals surface area contributed by atoms with Gasteiger partial charge in [0, 0.05) is 6.54 Å². The van der Waals surface area contributed by atoms with E-state index in [-0.39, 0.29) is 56.5 Å². The Hall–Kier alpha value is -5.22. The standard InChI is InChI=1S/C40H52N5O12P/c1-9-52-32(46)21-30(26-11-15-28(16-12-26)54-37(48)39(3,4)5)56-58(50,25-51-20-19-45-24-44-34-35(41)42-23-43-36(34)45)57-31(22-33(47)53-10-2)27-13-17-29(18-14-27)55-38(49)40(6,7)8/h11-18,23-24,30-31H,9-10,19-22,25H2,1-8H3,(H2,41,42,43). The molecule has 0 aliphatic rings. The molecule has 0 fully saturated rings. The van der Waals surface area contributed by atoms with Crippen molar-refractivity contribution < 1.29 is 56.5 Å². The molecule has 0 saturated heterocycles. The Balaban J connectivity index is 1.68. The minimum absolute atomic E-state index is 0.0289. The van der Waals surface area contributed by atoms with Crippen molar-refractivity contribution in [3.8, 4) is 11.5 Å². The van der Waals surface area contributed by atoms with Crippen molar-refractivity contribution in [2.45, 2.75) is 87.0 Å². The number of hydrogen-bond acceptors (Lipinski definition) is 16. The summed E-state index contributed by atoms with van der Waals surface area (Å²) < 4.78 is 56.7. The van der Waals surface area contributed by atoms with Gasteiger partial charge in [-0.15, -0.1) is 0 Å². The number of carbonyl (C=O) groups is 4. The van der Waals surface area contributed by atoms with Crippen molar-refractivity contribution in [1.82, 2.24) is 19.5 Å². The lowest BCUT2D eigenvalue weighted by molar-refractivity contribution is -0.145. The third-order valence-electron chi connectivity index (χ3n) is 8.20. The second kappa shape index (κ2) is 20.0. The molecule has 4 rings (SSSR count). The Morgan fingerprint density at radius 2 is 1.19 bits per heavy atom. The average Bonchev–Trinajstić information content (AvgIpc) is 3.57. The lowest BCUT2D eigenvalue weighted by atomic mass is 9.97. The fourth-order valence-corrected chi connectivity index (χ4v) is 6.76. The molecule has 18 heteroatoms. The second-order valence-corrected chi connectivity index (χ2v) is 17.0. The molecule has 0 aliphatic carbocycles. The smallest absolute Gasteiger partial charge is 0.357 e. The van der Waals surface area contributed by atoms with Crippen LogP contribution in [0.4, 0.5) is 5.82 Å². The largest absolute Gasteiger partial charge is 0.466 e. The lowest BCUT2D eigenvalue weighted by Crippen LogP contribution is -2.25. The summed E-state index contributed by atoms with van der Waals surface area (Å²) in [5.74, 6) is -1.53. The van der Waals surface area contributed by atoms with Gasteiger partial charge in [-0.05, 0) is 90.8 Å². The number of rotatable bonds is 19. The summed E-state index contributed by atoms with van der Waals surface area (Å²) in [6, 6.07) is 12.3. The zero-order valence-corrected chi connectivity index (χ0v) is 35.0. The number of anilines is 1. The lowest BCUT2D eigenvalue weighted by Gasteiger charge is -2.28. The van der Waals surface area contributed by atoms with Crippen LogP contribution in [0.25, 0.3) is 11.2 Å². The van der Waals surface area contributed by atoms with Crippen LogP contribution in [-0.4, -0.2) is 69.6 Å². The van der Waals surface area contributed by atoms with Crippen LogP contribution in [0.5, 0.6) is 11.5 Å². The van der Waals surface area contributed by atoms with Gasteiger partial charge in [0.05, 0.1) is 49.8 Å². The predicted octanol–water partition coefficient (Wildman–Crippen LogP) is 6.90. The van der Waals surface area contributed by atoms with Gasteiger partial charge < -0.3 is 34.0 Å². The molecule has 2 atom stereocenters. The van der Waals surface area contributed by atoms with Gasteiger partial charge in [0.25, 0.3) is 0 Å². The molecule has 314 valence electrons. The van der Waals surface area contributed by atoms with Gasteiger partial charge in [0.2, 0.25) is 0 Å². The van der Waals surface area contributed by atoms with E-state index in [0.29, 0.717) is 22.3 Å². The van der Waals surface area contributed by atoms with Crippen LogP contribution in [-0.2, 0) is 53.5 Å². The summed E-state index contributed by atoms with van der Waals surface area (Å²) >= 11 is 0. The number of imidazole rings is 1. The molecule has 0 spiro atoms. The highest BCUT2D eigenvalue weighted by atomic mass is 31.2. The molecule has 0 aliphatic heterocycles. The van der Waals surface area contributed by atoms with E-state index in [9.17, 15) is 19.2 Å². The SMILES string of the molecule is CCOC(=O)CC(OP(=O)(COCCn1cnc2c(N)ncnc21)OC(CC(=O)OCC)c1ccc(OC(=O)C(C)(C)C)cc1)c1ccc(OC(=O)C(C)(C)C)cc1. The third-order valence-corrected chi connectivity index (χ3v) is 9.85. The Morgan fingerprint density at radius 3 is 1.62 bits per heavy atom. The zero-order chi connectivity index (χ0) is 42.7. The normalized spacial score (nSPS) is 13.9. The molecule has 4 aromatic rings. The Labute approximate surface area is 337 Å². The van der Waals surface area contributed by atoms with Crippen molar-refractivity contribution in [3.63, 3.8) is 0 Å². The van der Waals surface area contributed by atoms with Crippen LogP contribution in [0.15, 0.2) is 61.2 Å². The number of fused-ring (bicyclic) bond motifs is 1. The number of carbonyl (C=O) groups excluding carboxylic acids is 4. The van der Waals surface area contributed by atoms with Crippen molar-refractivity contribution in [3.05, 3.63) is 72.3 Å². The maximum atomic E-state index is 15.1. The van der Waals surface area contributed by atoms with E-state index in [2.05, 4.69) is 15.0 Å². The van der Waals surface area contributed by atoms with Crippen molar-refractivity contribution in [2.75, 3.05) is 31.9 Å². The quantitative estimate of drug-likeness (QED) is 0.0440. The molecule has 2 aromatic carbocycles. The maximum absolute atomic E-state index is 15.1. The summed E-state index contributed by atoms with van der Waals surface area (Å²) in [6.07, 6.45) is -1.02.